The molecule has 23 heavy (non-hydrogen) atoms. The number of amides is 2. The zero-order valence-electron chi connectivity index (χ0n) is 13.3. The minimum atomic E-state index is -0.431. The zero-order chi connectivity index (χ0) is 16.2. The number of nitrogens with zero attached hydrogens (tertiary/aromatic N) is 2. The van der Waals surface area contributed by atoms with Crippen LogP contribution in [0.4, 0.5) is 14.9 Å². The van der Waals surface area contributed by atoms with Crippen LogP contribution in [0.2, 0.25) is 0 Å². The van der Waals surface area contributed by atoms with Gasteiger partial charge in [-0.25, -0.2) is 9.18 Å². The molecule has 0 spiro atoms. The number of hydrogen-bond donors (Lipinski definition) is 1. The fourth-order valence-electron chi connectivity index (χ4n) is 3.18. The first-order valence-corrected chi connectivity index (χ1v) is 7.95. The Morgan fingerprint density at radius 3 is 2.57 bits per heavy atom. The third kappa shape index (κ3) is 3.82. The van der Waals surface area contributed by atoms with E-state index < -0.39 is 5.82 Å². The van der Waals surface area contributed by atoms with E-state index in [1.165, 1.54) is 19.2 Å². The molecular formula is C17H22FN3O2. The Morgan fingerprint density at radius 2 is 1.91 bits per heavy atom. The number of ether oxygens (including phenoxy) is 1. The van der Waals surface area contributed by atoms with Gasteiger partial charge in [-0.2, -0.15) is 0 Å². The maximum atomic E-state index is 13.5. The van der Waals surface area contributed by atoms with Crippen molar-refractivity contribution in [3.63, 3.8) is 0 Å². The van der Waals surface area contributed by atoms with Gasteiger partial charge in [-0.3, -0.25) is 4.90 Å². The van der Waals surface area contributed by atoms with Crippen molar-refractivity contribution in [3.8, 4) is 5.75 Å². The van der Waals surface area contributed by atoms with Crippen LogP contribution >= 0.6 is 0 Å². The van der Waals surface area contributed by atoms with Crippen LogP contribution in [0.25, 0.3) is 0 Å². The van der Waals surface area contributed by atoms with Gasteiger partial charge in [0.1, 0.15) is 11.6 Å². The molecule has 0 aromatic heterocycles. The summed E-state index contributed by atoms with van der Waals surface area (Å²) in [6, 6.07) is 4.55. The highest BCUT2D eigenvalue weighted by molar-refractivity contribution is 5.89. The third-order valence-electron chi connectivity index (χ3n) is 4.47. The number of hydrogen-bond acceptors (Lipinski definition) is 3. The molecule has 5 nitrogen and oxygen atoms in total. The quantitative estimate of drug-likeness (QED) is 0.871. The Balaban J connectivity index is 1.54. The Labute approximate surface area is 135 Å². The fourth-order valence-corrected chi connectivity index (χ4v) is 3.18. The maximum absolute atomic E-state index is 13.5. The summed E-state index contributed by atoms with van der Waals surface area (Å²) < 4.78 is 18.5. The van der Waals surface area contributed by atoms with Crippen molar-refractivity contribution in [1.29, 1.82) is 0 Å². The molecule has 0 radical (unpaired) electrons. The average molecular weight is 319 g/mol. The van der Waals surface area contributed by atoms with Crippen LogP contribution in [-0.2, 0) is 0 Å². The van der Waals surface area contributed by atoms with Gasteiger partial charge in [0.05, 0.1) is 7.11 Å². The summed E-state index contributed by atoms with van der Waals surface area (Å²) >= 11 is 0. The minimum absolute atomic E-state index is 0.185. The second kappa shape index (κ2) is 7.00. The van der Waals surface area contributed by atoms with Crippen LogP contribution in [0.15, 0.2) is 30.4 Å². The number of carbonyl (C=O) groups is 1. The van der Waals surface area contributed by atoms with Gasteiger partial charge < -0.3 is 15.0 Å². The van der Waals surface area contributed by atoms with E-state index in [4.69, 9.17) is 4.74 Å². The molecule has 0 atom stereocenters. The number of benzene rings is 1. The number of rotatable bonds is 3. The summed E-state index contributed by atoms with van der Waals surface area (Å²) in [6.45, 7) is 3.47. The van der Waals surface area contributed by atoms with Crippen molar-refractivity contribution in [1.82, 2.24) is 9.80 Å². The standard InChI is InChI=1S/C17H22FN3O2/c1-23-16-11-13(18)10-14(12-16)19-17(22)21-8-4-15(5-9-21)20-6-2-3-7-20/h2-3,10-12,15H,4-9H2,1H3,(H,19,22). The lowest BCUT2D eigenvalue weighted by Crippen LogP contribution is -2.47. The first kappa shape index (κ1) is 15.8. The van der Waals surface area contributed by atoms with Crippen LogP contribution < -0.4 is 10.1 Å². The van der Waals surface area contributed by atoms with E-state index in [2.05, 4.69) is 22.4 Å². The van der Waals surface area contributed by atoms with Crippen LogP contribution in [0.3, 0.4) is 0 Å². The van der Waals surface area contributed by atoms with Crippen molar-refractivity contribution in [2.75, 3.05) is 38.6 Å². The van der Waals surface area contributed by atoms with Crippen LogP contribution in [0.1, 0.15) is 12.8 Å². The number of anilines is 1. The molecule has 1 N–H and O–H groups in total. The fraction of sp³-hybridized carbons (Fsp3) is 0.471. The summed E-state index contributed by atoms with van der Waals surface area (Å²) in [5.74, 6) is -0.0413. The lowest BCUT2D eigenvalue weighted by molar-refractivity contribution is 0.144. The summed E-state index contributed by atoms with van der Waals surface area (Å²) in [5, 5.41) is 2.75. The number of nitrogens with one attached hydrogen (secondary N) is 1. The van der Waals surface area contributed by atoms with E-state index in [-0.39, 0.29) is 6.03 Å². The molecule has 1 saturated heterocycles. The smallest absolute Gasteiger partial charge is 0.321 e. The molecule has 1 fully saturated rings. The summed E-state index contributed by atoms with van der Waals surface area (Å²) in [7, 11) is 1.47. The predicted octanol–water partition coefficient (Wildman–Crippen LogP) is 2.70. The van der Waals surface area contributed by atoms with E-state index in [1.807, 2.05) is 0 Å². The van der Waals surface area contributed by atoms with Gasteiger partial charge in [-0.05, 0) is 18.9 Å². The lowest BCUT2D eigenvalue weighted by atomic mass is 10.0. The predicted molar refractivity (Wildman–Crippen MR) is 87.3 cm³/mol. The molecule has 3 rings (SSSR count). The Bertz CT molecular complexity index is 590. The van der Waals surface area contributed by atoms with Crippen LogP contribution in [-0.4, -0.2) is 55.2 Å². The van der Waals surface area contributed by atoms with E-state index in [1.54, 1.807) is 11.0 Å². The highest BCUT2D eigenvalue weighted by atomic mass is 19.1. The lowest BCUT2D eigenvalue weighted by Gasteiger charge is -2.36. The number of likely N-dealkylation sites (tertiary alicyclic amines) is 1. The second-order valence-electron chi connectivity index (χ2n) is 5.95. The Hall–Kier alpha value is -2.08. The number of urea groups is 1. The molecule has 6 heteroatoms. The van der Waals surface area contributed by atoms with Crippen LogP contribution in [0, 0.1) is 5.82 Å². The first-order chi connectivity index (χ1) is 11.2. The van der Waals surface area contributed by atoms with Crippen molar-refractivity contribution in [2.45, 2.75) is 18.9 Å². The molecule has 2 aliphatic rings. The minimum Gasteiger partial charge on any atom is -0.497 e. The number of halogens is 1. The molecular weight excluding hydrogens is 297 g/mol. The largest absolute Gasteiger partial charge is 0.497 e. The van der Waals surface area contributed by atoms with Gasteiger partial charge in [-0.1, -0.05) is 12.2 Å². The van der Waals surface area contributed by atoms with E-state index in [0.717, 1.165) is 39.0 Å². The topological polar surface area (TPSA) is 44.8 Å². The number of methoxy groups -OCH3 is 1. The van der Waals surface area contributed by atoms with E-state index in [9.17, 15) is 9.18 Å². The van der Waals surface area contributed by atoms with E-state index in [0.29, 0.717) is 17.5 Å². The van der Waals surface area contributed by atoms with Crippen molar-refractivity contribution < 1.29 is 13.9 Å². The molecule has 124 valence electrons. The molecule has 0 aliphatic carbocycles. The van der Waals surface area contributed by atoms with Crippen LogP contribution in [0.5, 0.6) is 5.75 Å². The molecule has 2 aliphatic heterocycles. The average Bonchev–Trinajstić information content (AvgIpc) is 3.09. The SMILES string of the molecule is COc1cc(F)cc(NC(=O)N2CCC(N3CC=CC3)CC2)c1. The Morgan fingerprint density at radius 1 is 1.22 bits per heavy atom. The zero-order valence-corrected chi connectivity index (χ0v) is 13.3. The summed E-state index contributed by atoms with van der Waals surface area (Å²) in [4.78, 5) is 16.6. The highest BCUT2D eigenvalue weighted by Crippen LogP contribution is 2.22. The van der Waals surface area contributed by atoms with Gasteiger partial charge >= 0.3 is 6.03 Å². The molecule has 2 heterocycles. The number of carbonyl (C=O) groups excluding carboxylic acids is 1. The number of piperidine rings is 1. The third-order valence-corrected chi connectivity index (χ3v) is 4.47. The normalized spacial score (nSPS) is 19.1. The van der Waals surface area contributed by atoms with E-state index >= 15 is 0 Å². The highest BCUT2D eigenvalue weighted by Gasteiger charge is 2.27. The molecule has 0 unspecified atom stereocenters. The second-order valence-corrected chi connectivity index (χ2v) is 5.95. The van der Waals surface area contributed by atoms with Crippen molar-refractivity contribution in [3.05, 3.63) is 36.2 Å². The molecule has 0 saturated carbocycles. The monoisotopic (exact) mass is 319 g/mol. The molecule has 2 amide bonds. The van der Waals surface area contributed by atoms with Gasteiger partial charge in [0.15, 0.2) is 0 Å². The van der Waals surface area contributed by atoms with Crippen molar-refractivity contribution in [2.24, 2.45) is 0 Å². The summed E-state index contributed by atoms with van der Waals surface area (Å²) in [5.41, 5.74) is 0.415. The van der Waals surface area contributed by atoms with Gasteiger partial charge in [-0.15, -0.1) is 0 Å². The van der Waals surface area contributed by atoms with Crippen molar-refractivity contribution >= 4 is 11.7 Å². The van der Waals surface area contributed by atoms with Gasteiger partial charge in [0, 0.05) is 50.0 Å². The van der Waals surface area contributed by atoms with Gasteiger partial charge in [0.25, 0.3) is 0 Å². The molecule has 1 aromatic rings. The molecule has 1 aromatic carbocycles. The molecule has 0 bridgehead atoms. The van der Waals surface area contributed by atoms with Gasteiger partial charge in [0.2, 0.25) is 0 Å². The first-order valence-electron chi connectivity index (χ1n) is 7.95. The summed E-state index contributed by atoms with van der Waals surface area (Å²) in [6.07, 6.45) is 6.33. The maximum Gasteiger partial charge on any atom is 0.321 e. The Kier molecular flexibility index (Phi) is 4.81.